The molecule has 2 rings (SSSR count). The zero-order chi connectivity index (χ0) is 14.7. The lowest BCUT2D eigenvalue weighted by atomic mass is 10.2. The molecule has 0 radical (unpaired) electrons. The summed E-state index contributed by atoms with van der Waals surface area (Å²) in [4.78, 5) is 23.8. The monoisotopic (exact) mass is 297 g/mol. The van der Waals surface area contributed by atoms with Gasteiger partial charge in [-0.3, -0.25) is 4.79 Å². The number of benzene rings is 1. The van der Waals surface area contributed by atoms with E-state index in [4.69, 9.17) is 21.1 Å². The van der Waals surface area contributed by atoms with Crippen LogP contribution >= 0.6 is 11.6 Å². The van der Waals surface area contributed by atoms with Crippen molar-refractivity contribution in [3.05, 3.63) is 28.8 Å². The molecule has 1 amide bonds. The van der Waals surface area contributed by atoms with Crippen molar-refractivity contribution in [2.45, 2.75) is 31.9 Å². The van der Waals surface area contributed by atoms with E-state index < -0.39 is 12.1 Å². The van der Waals surface area contributed by atoms with E-state index in [0.29, 0.717) is 10.8 Å². The minimum absolute atomic E-state index is 0.200. The summed E-state index contributed by atoms with van der Waals surface area (Å²) in [7, 11) is 1.45. The minimum Gasteiger partial charge on any atom is -0.496 e. The first kappa shape index (κ1) is 14.7. The second kappa shape index (κ2) is 6.13. The summed E-state index contributed by atoms with van der Waals surface area (Å²) >= 11 is 5.85. The van der Waals surface area contributed by atoms with Crippen LogP contribution in [-0.4, -0.2) is 31.1 Å². The van der Waals surface area contributed by atoms with Crippen molar-refractivity contribution in [2.24, 2.45) is 0 Å². The molecular weight excluding hydrogens is 282 g/mol. The predicted molar refractivity (Wildman–Crippen MR) is 74.0 cm³/mol. The normalized spacial score (nSPS) is 15.3. The van der Waals surface area contributed by atoms with Crippen molar-refractivity contribution in [3.8, 4) is 5.75 Å². The highest BCUT2D eigenvalue weighted by molar-refractivity contribution is 6.31. The Morgan fingerprint density at radius 1 is 1.40 bits per heavy atom. The van der Waals surface area contributed by atoms with Gasteiger partial charge in [0.2, 0.25) is 0 Å². The number of ether oxygens (including phenoxy) is 2. The number of carbonyl (C=O) groups is 2. The molecule has 1 aromatic rings. The summed E-state index contributed by atoms with van der Waals surface area (Å²) in [5, 5.41) is 3.17. The second-order valence-corrected chi connectivity index (χ2v) is 5.11. The van der Waals surface area contributed by atoms with Gasteiger partial charge in [0.25, 0.3) is 5.91 Å². The lowest BCUT2D eigenvalue weighted by Gasteiger charge is -2.14. The van der Waals surface area contributed by atoms with Gasteiger partial charge in [0, 0.05) is 11.1 Å². The van der Waals surface area contributed by atoms with Crippen molar-refractivity contribution in [1.82, 2.24) is 5.32 Å². The zero-order valence-electron chi connectivity index (χ0n) is 11.3. The van der Waals surface area contributed by atoms with Crippen LogP contribution in [0.5, 0.6) is 5.75 Å². The molecule has 1 saturated carbocycles. The molecule has 6 heteroatoms. The number of halogens is 1. The highest BCUT2D eigenvalue weighted by Crippen LogP contribution is 2.24. The Labute approximate surface area is 122 Å². The molecule has 0 heterocycles. The molecule has 20 heavy (non-hydrogen) atoms. The van der Waals surface area contributed by atoms with E-state index in [1.807, 2.05) is 0 Å². The number of esters is 1. The number of amides is 1. The molecule has 5 nitrogen and oxygen atoms in total. The molecule has 0 bridgehead atoms. The summed E-state index contributed by atoms with van der Waals surface area (Å²) in [6.07, 6.45) is 1.11. The van der Waals surface area contributed by atoms with E-state index in [1.165, 1.54) is 20.1 Å². The fraction of sp³-hybridized carbons (Fsp3) is 0.429. The molecule has 1 fully saturated rings. The predicted octanol–water partition coefficient (Wildman–Crippen LogP) is 2.17. The summed E-state index contributed by atoms with van der Waals surface area (Å²) in [5.41, 5.74) is 0.200. The number of nitrogens with one attached hydrogen (secondary N) is 1. The molecule has 108 valence electrons. The van der Waals surface area contributed by atoms with E-state index in [1.54, 1.807) is 12.1 Å². The highest BCUT2D eigenvalue weighted by Gasteiger charge is 2.28. The lowest BCUT2D eigenvalue weighted by Crippen LogP contribution is -2.37. The average molecular weight is 298 g/mol. The molecule has 0 spiro atoms. The van der Waals surface area contributed by atoms with Crippen LogP contribution in [0.3, 0.4) is 0 Å². The van der Waals surface area contributed by atoms with Crippen LogP contribution in [0.2, 0.25) is 5.02 Å². The molecule has 1 aliphatic rings. The summed E-state index contributed by atoms with van der Waals surface area (Å²) < 4.78 is 10.2. The third-order valence-electron chi connectivity index (χ3n) is 2.96. The Kier molecular flexibility index (Phi) is 4.49. The maximum Gasteiger partial charge on any atom is 0.342 e. The van der Waals surface area contributed by atoms with Crippen LogP contribution < -0.4 is 10.1 Å². The first-order valence-corrected chi connectivity index (χ1v) is 6.74. The Balaban J connectivity index is 2.03. The fourth-order valence-corrected chi connectivity index (χ4v) is 1.84. The van der Waals surface area contributed by atoms with Gasteiger partial charge in [0.15, 0.2) is 6.10 Å². The SMILES string of the molecule is COc1ccc(Cl)cc1C(=O)O[C@H](C)C(=O)NC1CC1. The number of rotatable bonds is 5. The van der Waals surface area contributed by atoms with Crippen molar-refractivity contribution in [3.63, 3.8) is 0 Å². The number of methoxy groups -OCH3 is 1. The van der Waals surface area contributed by atoms with Crippen molar-refractivity contribution < 1.29 is 19.1 Å². The van der Waals surface area contributed by atoms with Gasteiger partial charge in [0.1, 0.15) is 11.3 Å². The Hall–Kier alpha value is -1.75. The first-order chi connectivity index (χ1) is 9.51. The van der Waals surface area contributed by atoms with Crippen LogP contribution in [0.15, 0.2) is 18.2 Å². The molecular formula is C14H16ClNO4. The number of hydrogen-bond acceptors (Lipinski definition) is 4. The van der Waals surface area contributed by atoms with E-state index in [-0.39, 0.29) is 17.5 Å². The van der Waals surface area contributed by atoms with Gasteiger partial charge in [-0.2, -0.15) is 0 Å². The van der Waals surface area contributed by atoms with E-state index in [2.05, 4.69) is 5.32 Å². The van der Waals surface area contributed by atoms with Crippen molar-refractivity contribution in [2.75, 3.05) is 7.11 Å². The average Bonchev–Trinajstić information content (AvgIpc) is 3.22. The number of hydrogen-bond donors (Lipinski definition) is 1. The van der Waals surface area contributed by atoms with Gasteiger partial charge < -0.3 is 14.8 Å². The maximum absolute atomic E-state index is 12.1. The van der Waals surface area contributed by atoms with Crippen LogP contribution in [-0.2, 0) is 9.53 Å². The molecule has 1 aliphatic carbocycles. The molecule has 0 unspecified atom stereocenters. The largest absolute Gasteiger partial charge is 0.496 e. The number of carbonyl (C=O) groups excluding carboxylic acids is 2. The van der Waals surface area contributed by atoms with Crippen LogP contribution in [0.4, 0.5) is 0 Å². The quantitative estimate of drug-likeness (QED) is 0.846. The van der Waals surface area contributed by atoms with Crippen molar-refractivity contribution in [1.29, 1.82) is 0 Å². The van der Waals surface area contributed by atoms with Gasteiger partial charge in [0.05, 0.1) is 7.11 Å². The van der Waals surface area contributed by atoms with Gasteiger partial charge in [-0.15, -0.1) is 0 Å². The lowest BCUT2D eigenvalue weighted by molar-refractivity contribution is -0.129. The van der Waals surface area contributed by atoms with E-state index in [9.17, 15) is 9.59 Å². The topological polar surface area (TPSA) is 64.6 Å². The van der Waals surface area contributed by atoms with Crippen LogP contribution in [0.25, 0.3) is 0 Å². The van der Waals surface area contributed by atoms with Gasteiger partial charge in [-0.1, -0.05) is 11.6 Å². The van der Waals surface area contributed by atoms with Crippen LogP contribution in [0.1, 0.15) is 30.1 Å². The molecule has 1 aromatic carbocycles. The summed E-state index contributed by atoms with van der Waals surface area (Å²) in [6, 6.07) is 4.87. The van der Waals surface area contributed by atoms with Crippen molar-refractivity contribution >= 4 is 23.5 Å². The minimum atomic E-state index is -0.855. The Bertz CT molecular complexity index is 528. The Morgan fingerprint density at radius 3 is 2.70 bits per heavy atom. The second-order valence-electron chi connectivity index (χ2n) is 4.68. The van der Waals surface area contributed by atoms with Gasteiger partial charge in [-0.25, -0.2) is 4.79 Å². The van der Waals surface area contributed by atoms with E-state index in [0.717, 1.165) is 12.8 Å². The fourth-order valence-electron chi connectivity index (χ4n) is 1.66. The smallest absolute Gasteiger partial charge is 0.342 e. The zero-order valence-corrected chi connectivity index (χ0v) is 12.1. The van der Waals surface area contributed by atoms with Crippen LogP contribution in [0, 0.1) is 0 Å². The standard InChI is InChI=1S/C14H16ClNO4/c1-8(13(17)16-10-4-5-10)20-14(18)11-7-9(15)3-6-12(11)19-2/h3,6-8,10H,4-5H2,1-2H3,(H,16,17)/t8-/m1/s1. The van der Waals surface area contributed by atoms with Gasteiger partial charge in [-0.05, 0) is 38.0 Å². The molecule has 1 atom stereocenters. The summed E-state index contributed by atoms with van der Waals surface area (Å²) in [5.74, 6) is -0.571. The third-order valence-corrected chi connectivity index (χ3v) is 3.19. The summed E-state index contributed by atoms with van der Waals surface area (Å²) in [6.45, 7) is 1.53. The Morgan fingerprint density at radius 2 is 2.10 bits per heavy atom. The molecule has 0 aliphatic heterocycles. The maximum atomic E-state index is 12.1. The molecule has 1 N–H and O–H groups in total. The van der Waals surface area contributed by atoms with E-state index >= 15 is 0 Å². The molecule has 0 aromatic heterocycles. The van der Waals surface area contributed by atoms with Gasteiger partial charge >= 0.3 is 5.97 Å². The highest BCUT2D eigenvalue weighted by atomic mass is 35.5. The third kappa shape index (κ3) is 3.63. The first-order valence-electron chi connectivity index (χ1n) is 6.36. The molecule has 0 saturated heterocycles.